The minimum Gasteiger partial charge on any atom is -0.459 e. The topological polar surface area (TPSA) is 43.4 Å². The van der Waals surface area contributed by atoms with E-state index in [-0.39, 0.29) is 5.75 Å². The number of carbonyl (C=O) groups excluding carboxylic acids is 1. The van der Waals surface area contributed by atoms with Gasteiger partial charge >= 0.3 is 5.97 Å². The number of carbonyl (C=O) groups is 1. The molecule has 0 saturated heterocycles. The van der Waals surface area contributed by atoms with Crippen molar-refractivity contribution < 1.29 is 13.7 Å². The molecule has 0 radical (unpaired) electrons. The summed E-state index contributed by atoms with van der Waals surface area (Å²) in [4.78, 5) is 12.0. The van der Waals surface area contributed by atoms with Gasteiger partial charge in [-0.2, -0.15) is 0 Å². The Morgan fingerprint density at radius 1 is 1.35 bits per heavy atom. The predicted molar refractivity (Wildman–Crippen MR) is 68.6 cm³/mol. The second-order valence-corrected chi connectivity index (χ2v) is 6.33. The molecule has 0 bridgehead atoms. The Hall–Kier alpha value is -0.870. The van der Waals surface area contributed by atoms with Crippen LogP contribution in [0.5, 0.6) is 0 Å². The molecule has 0 aromatic heterocycles. The molecular formula is C12H15ClO3S. The standard InChI is InChI=1S/C12H15ClO3S/c1-12(2,3)16-11(14)8-17(15)10-7-5-4-6-9(10)13/h4-7H,8H2,1-3H3/t17-/m1/s1. The zero-order valence-electron chi connectivity index (χ0n) is 10.0. The second kappa shape index (κ2) is 5.65. The third-order valence-corrected chi connectivity index (χ3v) is 3.54. The summed E-state index contributed by atoms with van der Waals surface area (Å²) in [7, 11) is -1.47. The van der Waals surface area contributed by atoms with Gasteiger partial charge in [-0.25, -0.2) is 0 Å². The number of hydrogen-bond donors (Lipinski definition) is 0. The van der Waals surface area contributed by atoms with E-state index in [0.717, 1.165) is 0 Å². The Labute approximate surface area is 109 Å². The molecule has 0 aliphatic heterocycles. The van der Waals surface area contributed by atoms with Crippen molar-refractivity contribution in [1.29, 1.82) is 0 Å². The molecule has 0 N–H and O–H groups in total. The van der Waals surface area contributed by atoms with Gasteiger partial charge in [0.2, 0.25) is 0 Å². The summed E-state index contributed by atoms with van der Waals surface area (Å²) in [6.45, 7) is 5.30. The SMILES string of the molecule is CC(C)(C)OC(=O)C[S@@](=O)c1ccccc1Cl. The van der Waals surface area contributed by atoms with E-state index in [1.807, 2.05) is 0 Å². The molecule has 1 atom stereocenters. The fourth-order valence-corrected chi connectivity index (χ4v) is 2.52. The summed E-state index contributed by atoms with van der Waals surface area (Å²) in [5, 5.41) is 0.398. The van der Waals surface area contributed by atoms with E-state index in [0.29, 0.717) is 9.92 Å². The lowest BCUT2D eigenvalue weighted by atomic mass is 10.2. The summed E-state index contributed by atoms with van der Waals surface area (Å²) in [5.74, 6) is -0.670. The normalized spacial score (nSPS) is 13.2. The van der Waals surface area contributed by atoms with Crippen LogP contribution < -0.4 is 0 Å². The van der Waals surface area contributed by atoms with E-state index in [2.05, 4.69) is 0 Å². The quantitative estimate of drug-likeness (QED) is 0.796. The van der Waals surface area contributed by atoms with Crippen LogP contribution in [0.25, 0.3) is 0 Å². The smallest absolute Gasteiger partial charge is 0.319 e. The van der Waals surface area contributed by atoms with Gasteiger partial charge in [-0.1, -0.05) is 23.7 Å². The van der Waals surface area contributed by atoms with Crippen molar-refractivity contribution in [1.82, 2.24) is 0 Å². The lowest BCUT2D eigenvalue weighted by Gasteiger charge is -2.19. The zero-order valence-corrected chi connectivity index (χ0v) is 11.6. The number of ether oxygens (including phenoxy) is 1. The van der Waals surface area contributed by atoms with E-state index in [1.54, 1.807) is 45.0 Å². The molecule has 0 fully saturated rings. The Morgan fingerprint density at radius 2 is 1.94 bits per heavy atom. The third-order valence-electron chi connectivity index (χ3n) is 1.75. The molecule has 0 aliphatic carbocycles. The van der Waals surface area contributed by atoms with Gasteiger partial charge in [0.1, 0.15) is 11.4 Å². The van der Waals surface area contributed by atoms with Gasteiger partial charge in [0.15, 0.2) is 0 Å². The molecule has 5 heteroatoms. The van der Waals surface area contributed by atoms with Gasteiger partial charge in [-0.3, -0.25) is 9.00 Å². The first-order valence-corrected chi connectivity index (χ1v) is 6.84. The molecule has 0 aliphatic rings. The van der Waals surface area contributed by atoms with E-state index in [4.69, 9.17) is 16.3 Å². The molecule has 0 saturated carbocycles. The zero-order chi connectivity index (χ0) is 13.1. The number of hydrogen-bond acceptors (Lipinski definition) is 3. The molecule has 0 unspecified atom stereocenters. The molecule has 0 heterocycles. The maximum atomic E-state index is 11.9. The number of benzene rings is 1. The molecule has 17 heavy (non-hydrogen) atoms. The number of rotatable bonds is 3. The molecule has 1 aromatic rings. The highest BCUT2D eigenvalue weighted by molar-refractivity contribution is 7.85. The molecule has 0 amide bonds. The van der Waals surface area contributed by atoms with E-state index >= 15 is 0 Å². The van der Waals surface area contributed by atoms with Crippen LogP contribution in [0.4, 0.5) is 0 Å². The van der Waals surface area contributed by atoms with Crippen molar-refractivity contribution in [3.05, 3.63) is 29.3 Å². The van der Waals surface area contributed by atoms with Crippen molar-refractivity contribution in [3.8, 4) is 0 Å². The summed E-state index contributed by atoms with van der Waals surface area (Å²) >= 11 is 5.89. The van der Waals surface area contributed by atoms with Crippen LogP contribution in [-0.2, 0) is 20.3 Å². The summed E-state index contributed by atoms with van der Waals surface area (Å²) in [6.07, 6.45) is 0. The molecule has 94 valence electrons. The maximum absolute atomic E-state index is 11.9. The first kappa shape index (κ1) is 14.2. The van der Waals surface area contributed by atoms with Crippen LogP contribution >= 0.6 is 11.6 Å². The van der Waals surface area contributed by atoms with Gasteiger partial charge in [0, 0.05) is 0 Å². The highest BCUT2D eigenvalue weighted by Crippen LogP contribution is 2.19. The first-order valence-electron chi connectivity index (χ1n) is 5.14. The van der Waals surface area contributed by atoms with E-state index in [9.17, 15) is 9.00 Å². The second-order valence-electron chi connectivity index (χ2n) is 4.51. The van der Waals surface area contributed by atoms with Crippen LogP contribution in [0.1, 0.15) is 20.8 Å². The van der Waals surface area contributed by atoms with Crippen LogP contribution in [0.3, 0.4) is 0 Å². The molecular weight excluding hydrogens is 260 g/mol. The maximum Gasteiger partial charge on any atom is 0.319 e. The Bertz CT molecular complexity index is 438. The monoisotopic (exact) mass is 274 g/mol. The van der Waals surface area contributed by atoms with Crippen molar-refractivity contribution in [2.45, 2.75) is 31.3 Å². The van der Waals surface area contributed by atoms with E-state index in [1.165, 1.54) is 0 Å². The minimum atomic E-state index is -1.47. The van der Waals surface area contributed by atoms with Crippen LogP contribution in [0, 0.1) is 0 Å². The van der Waals surface area contributed by atoms with Crippen molar-refractivity contribution in [2.75, 3.05) is 5.75 Å². The molecule has 0 spiro atoms. The Morgan fingerprint density at radius 3 is 2.47 bits per heavy atom. The molecule has 3 nitrogen and oxygen atoms in total. The average molecular weight is 275 g/mol. The van der Waals surface area contributed by atoms with Crippen molar-refractivity contribution >= 4 is 28.4 Å². The number of halogens is 1. The van der Waals surface area contributed by atoms with Crippen molar-refractivity contribution in [3.63, 3.8) is 0 Å². The summed E-state index contributed by atoms with van der Waals surface area (Å²) in [5.41, 5.74) is -0.568. The summed E-state index contributed by atoms with van der Waals surface area (Å²) in [6, 6.07) is 6.76. The lowest BCUT2D eigenvalue weighted by molar-refractivity contribution is -0.151. The van der Waals surface area contributed by atoms with Gasteiger partial charge < -0.3 is 4.74 Å². The fraction of sp³-hybridized carbons (Fsp3) is 0.417. The largest absolute Gasteiger partial charge is 0.459 e. The highest BCUT2D eigenvalue weighted by Gasteiger charge is 2.19. The van der Waals surface area contributed by atoms with Crippen LogP contribution in [0.15, 0.2) is 29.2 Å². The van der Waals surface area contributed by atoms with Gasteiger partial charge in [0.05, 0.1) is 20.7 Å². The minimum absolute atomic E-state index is 0.180. The summed E-state index contributed by atoms with van der Waals surface area (Å²) < 4.78 is 17.0. The number of esters is 1. The fourth-order valence-electron chi connectivity index (χ4n) is 1.19. The predicted octanol–water partition coefficient (Wildman–Crippen LogP) is 2.79. The van der Waals surface area contributed by atoms with Crippen LogP contribution in [0.2, 0.25) is 5.02 Å². The third kappa shape index (κ3) is 4.88. The van der Waals surface area contributed by atoms with E-state index < -0.39 is 22.4 Å². The Kier molecular flexibility index (Phi) is 4.71. The lowest BCUT2D eigenvalue weighted by Crippen LogP contribution is -2.27. The average Bonchev–Trinajstić information content (AvgIpc) is 2.14. The first-order chi connectivity index (χ1) is 7.79. The highest BCUT2D eigenvalue weighted by atomic mass is 35.5. The van der Waals surface area contributed by atoms with Gasteiger partial charge in [0.25, 0.3) is 0 Å². The molecule has 1 aromatic carbocycles. The molecule has 1 rings (SSSR count). The Balaban J connectivity index is 2.68. The van der Waals surface area contributed by atoms with Gasteiger partial charge in [-0.15, -0.1) is 0 Å². The van der Waals surface area contributed by atoms with Gasteiger partial charge in [-0.05, 0) is 32.9 Å². The van der Waals surface area contributed by atoms with Crippen LogP contribution in [-0.4, -0.2) is 21.5 Å². The van der Waals surface area contributed by atoms with Crippen molar-refractivity contribution in [2.24, 2.45) is 0 Å².